The lowest BCUT2D eigenvalue weighted by atomic mass is 10.0. The number of unbranched alkanes of at least 4 members (excludes halogenated alkanes) is 1. The number of hydrogen-bond donors (Lipinski definition) is 1. The van der Waals surface area contributed by atoms with Gasteiger partial charge >= 0.3 is 0 Å². The Morgan fingerprint density at radius 1 is 1.60 bits per heavy atom. The van der Waals surface area contributed by atoms with Crippen molar-refractivity contribution in [3.63, 3.8) is 0 Å². The Bertz CT molecular complexity index is 101. The number of hydrogen-bond acceptors (Lipinski definition) is 1. The largest absolute Gasteiger partial charge is 0.383 e. The molecule has 0 amide bonds. The van der Waals surface area contributed by atoms with Crippen molar-refractivity contribution in [1.29, 1.82) is 0 Å². The molecule has 1 N–H and O–H groups in total. The van der Waals surface area contributed by atoms with E-state index in [0.717, 1.165) is 4.99 Å². The van der Waals surface area contributed by atoms with Crippen molar-refractivity contribution in [2.24, 2.45) is 5.92 Å². The second-order valence-corrected chi connectivity index (χ2v) is 3.10. The van der Waals surface area contributed by atoms with Crippen LogP contribution in [0.2, 0.25) is 0 Å². The predicted molar refractivity (Wildman–Crippen MR) is 50.3 cm³/mol. The molecule has 0 aromatic heterocycles. The Balaban J connectivity index is 3.41. The topological polar surface area (TPSA) is 12.0 Å². The maximum atomic E-state index is 5.08. The van der Waals surface area contributed by atoms with Gasteiger partial charge < -0.3 is 5.32 Å². The highest BCUT2D eigenvalue weighted by atomic mass is 32.1. The molecule has 0 radical (unpaired) electrons. The van der Waals surface area contributed by atoms with Crippen LogP contribution in [0.4, 0.5) is 0 Å². The second kappa shape index (κ2) is 5.66. The average molecular weight is 159 g/mol. The highest BCUT2D eigenvalue weighted by Gasteiger charge is 2.04. The molecule has 0 aliphatic carbocycles. The van der Waals surface area contributed by atoms with Gasteiger partial charge in [-0.1, -0.05) is 38.9 Å². The summed E-state index contributed by atoms with van der Waals surface area (Å²) in [7, 11) is 1.89. The number of thiocarbonyl (C=S) groups is 1. The fourth-order valence-electron chi connectivity index (χ4n) is 0.888. The standard InChI is InChI=1S/C8H17NS/c1-4-5-6-7(2)8(10)9-3/h7H,4-6H2,1-3H3,(H,9,10). The van der Waals surface area contributed by atoms with Crippen molar-refractivity contribution >= 4 is 17.2 Å². The first-order valence-corrected chi connectivity index (χ1v) is 4.34. The number of rotatable bonds is 4. The Labute approximate surface area is 69.2 Å². The third kappa shape index (κ3) is 3.83. The molecule has 1 nitrogen and oxygen atoms in total. The summed E-state index contributed by atoms with van der Waals surface area (Å²) in [6.45, 7) is 4.38. The van der Waals surface area contributed by atoms with Crippen molar-refractivity contribution in [3.05, 3.63) is 0 Å². The van der Waals surface area contributed by atoms with E-state index in [1.807, 2.05) is 7.05 Å². The summed E-state index contributed by atoms with van der Waals surface area (Å²) in [5.41, 5.74) is 0. The van der Waals surface area contributed by atoms with Crippen molar-refractivity contribution in [2.45, 2.75) is 33.1 Å². The van der Waals surface area contributed by atoms with Gasteiger partial charge in [-0.3, -0.25) is 0 Å². The molecular formula is C8H17NS. The molecule has 0 aromatic carbocycles. The minimum absolute atomic E-state index is 0.556. The lowest BCUT2D eigenvalue weighted by Gasteiger charge is -2.10. The monoisotopic (exact) mass is 159 g/mol. The first-order valence-electron chi connectivity index (χ1n) is 3.94. The fraction of sp³-hybridized carbons (Fsp3) is 0.875. The summed E-state index contributed by atoms with van der Waals surface area (Å²) in [6, 6.07) is 0. The minimum atomic E-state index is 0.556. The summed E-state index contributed by atoms with van der Waals surface area (Å²) in [4.78, 5) is 0.994. The van der Waals surface area contributed by atoms with Crippen molar-refractivity contribution in [3.8, 4) is 0 Å². The molecule has 2 heteroatoms. The Hall–Kier alpha value is -0.110. The fourth-order valence-corrected chi connectivity index (χ4v) is 1.01. The van der Waals surface area contributed by atoms with Crippen LogP contribution in [0.15, 0.2) is 0 Å². The quantitative estimate of drug-likeness (QED) is 0.632. The van der Waals surface area contributed by atoms with Gasteiger partial charge in [-0.05, 0) is 6.42 Å². The van der Waals surface area contributed by atoms with E-state index in [9.17, 15) is 0 Å². The summed E-state index contributed by atoms with van der Waals surface area (Å²) in [5, 5.41) is 3.01. The molecule has 1 atom stereocenters. The van der Waals surface area contributed by atoms with Gasteiger partial charge in [0.25, 0.3) is 0 Å². The van der Waals surface area contributed by atoms with Crippen LogP contribution in [-0.4, -0.2) is 12.0 Å². The molecule has 0 saturated carbocycles. The van der Waals surface area contributed by atoms with Crippen LogP contribution >= 0.6 is 12.2 Å². The highest BCUT2D eigenvalue weighted by molar-refractivity contribution is 7.80. The molecule has 0 aromatic rings. The lowest BCUT2D eigenvalue weighted by molar-refractivity contribution is 0.620. The second-order valence-electron chi connectivity index (χ2n) is 2.66. The van der Waals surface area contributed by atoms with Crippen LogP contribution in [0.25, 0.3) is 0 Å². The highest BCUT2D eigenvalue weighted by Crippen LogP contribution is 2.07. The first kappa shape index (κ1) is 9.89. The summed E-state index contributed by atoms with van der Waals surface area (Å²) in [6.07, 6.45) is 3.76. The first-order chi connectivity index (χ1) is 4.72. The van der Waals surface area contributed by atoms with E-state index in [2.05, 4.69) is 19.2 Å². The maximum absolute atomic E-state index is 5.08. The molecule has 0 aliphatic heterocycles. The third-order valence-corrected chi connectivity index (χ3v) is 2.29. The molecule has 0 rings (SSSR count). The molecule has 0 saturated heterocycles. The van der Waals surface area contributed by atoms with Crippen molar-refractivity contribution in [2.75, 3.05) is 7.05 Å². The molecule has 0 bridgehead atoms. The average Bonchev–Trinajstić information content (AvgIpc) is 1.98. The van der Waals surface area contributed by atoms with Gasteiger partial charge in [0.05, 0.1) is 4.99 Å². The predicted octanol–water partition coefficient (Wildman–Crippen LogP) is 2.36. The van der Waals surface area contributed by atoms with Crippen LogP contribution in [0.1, 0.15) is 33.1 Å². The third-order valence-electron chi connectivity index (χ3n) is 1.68. The van der Waals surface area contributed by atoms with Crippen molar-refractivity contribution < 1.29 is 0 Å². The molecule has 60 valence electrons. The molecule has 0 fully saturated rings. The number of nitrogens with one attached hydrogen (secondary N) is 1. The molecule has 0 heterocycles. The van der Waals surface area contributed by atoms with Crippen LogP contribution in [0, 0.1) is 5.92 Å². The molecule has 1 unspecified atom stereocenters. The SMILES string of the molecule is CCCCC(C)C(=S)NC. The van der Waals surface area contributed by atoms with E-state index in [1.54, 1.807) is 0 Å². The van der Waals surface area contributed by atoms with E-state index < -0.39 is 0 Å². The lowest BCUT2D eigenvalue weighted by Crippen LogP contribution is -2.22. The molecule has 0 spiro atoms. The van der Waals surface area contributed by atoms with E-state index in [4.69, 9.17) is 12.2 Å². The van der Waals surface area contributed by atoms with Gasteiger partial charge in [0.15, 0.2) is 0 Å². The van der Waals surface area contributed by atoms with Gasteiger partial charge in [0.2, 0.25) is 0 Å². The smallest absolute Gasteiger partial charge is 0.0779 e. The van der Waals surface area contributed by atoms with Gasteiger partial charge in [-0.25, -0.2) is 0 Å². The van der Waals surface area contributed by atoms with Gasteiger partial charge in [0.1, 0.15) is 0 Å². The normalized spacial score (nSPS) is 12.7. The summed E-state index contributed by atoms with van der Waals surface area (Å²) < 4.78 is 0. The maximum Gasteiger partial charge on any atom is 0.0779 e. The molecular weight excluding hydrogens is 142 g/mol. The molecule has 0 aliphatic rings. The summed E-state index contributed by atoms with van der Waals surface area (Å²) >= 11 is 5.08. The Morgan fingerprint density at radius 3 is 2.60 bits per heavy atom. The van der Waals surface area contributed by atoms with Crippen LogP contribution in [-0.2, 0) is 0 Å². The van der Waals surface area contributed by atoms with Gasteiger partial charge in [-0.2, -0.15) is 0 Å². The molecule has 10 heavy (non-hydrogen) atoms. The Kier molecular flexibility index (Phi) is 5.60. The zero-order chi connectivity index (χ0) is 7.98. The van der Waals surface area contributed by atoms with E-state index in [0.29, 0.717) is 5.92 Å². The van der Waals surface area contributed by atoms with Crippen LogP contribution in [0.5, 0.6) is 0 Å². The summed E-state index contributed by atoms with van der Waals surface area (Å²) in [5.74, 6) is 0.556. The van der Waals surface area contributed by atoms with E-state index in [-0.39, 0.29) is 0 Å². The zero-order valence-electron chi connectivity index (χ0n) is 7.11. The van der Waals surface area contributed by atoms with E-state index in [1.165, 1.54) is 19.3 Å². The Morgan fingerprint density at radius 2 is 2.20 bits per heavy atom. The van der Waals surface area contributed by atoms with Gasteiger partial charge in [-0.15, -0.1) is 0 Å². The zero-order valence-corrected chi connectivity index (χ0v) is 7.92. The minimum Gasteiger partial charge on any atom is -0.383 e. The van der Waals surface area contributed by atoms with Crippen LogP contribution in [0.3, 0.4) is 0 Å². The van der Waals surface area contributed by atoms with E-state index >= 15 is 0 Å². The van der Waals surface area contributed by atoms with Gasteiger partial charge in [0, 0.05) is 13.0 Å². The van der Waals surface area contributed by atoms with Crippen molar-refractivity contribution in [1.82, 2.24) is 5.32 Å². The van der Waals surface area contributed by atoms with Crippen LogP contribution < -0.4 is 5.32 Å².